The maximum atomic E-state index is 13.7. The Morgan fingerprint density at radius 3 is 2.65 bits per heavy atom. The Hall–Kier alpha value is -4.18. The quantitative estimate of drug-likeness (QED) is 0.384. The minimum absolute atomic E-state index is 0.181. The Bertz CT molecular complexity index is 1260. The van der Waals surface area contributed by atoms with Gasteiger partial charge in [0.1, 0.15) is 23.9 Å². The van der Waals surface area contributed by atoms with Gasteiger partial charge in [0.15, 0.2) is 0 Å². The summed E-state index contributed by atoms with van der Waals surface area (Å²) in [7, 11) is 1.53. The summed E-state index contributed by atoms with van der Waals surface area (Å²) >= 11 is 0. The molecule has 0 unspecified atom stereocenters. The average Bonchev–Trinajstić information content (AvgIpc) is 3.26. The highest BCUT2D eigenvalue weighted by Gasteiger charge is 2.33. The van der Waals surface area contributed by atoms with Gasteiger partial charge in [0.05, 0.1) is 12.1 Å². The number of rotatable bonds is 9. The first kappa shape index (κ1) is 23.0. The smallest absolute Gasteiger partial charge is 0.249 e. The van der Waals surface area contributed by atoms with E-state index in [0.717, 1.165) is 0 Å². The largest absolute Gasteiger partial charge is 0.383 e. The van der Waals surface area contributed by atoms with Crippen LogP contribution in [0.5, 0.6) is 0 Å². The standard InChI is InChI=1S/C24H23FN6O3/c1-34-14-13-27-24(33)23(17-5-4-12-26-15-17)31(19-10-8-18(25)9-11-19)22(32)16-30-21-7-3-2-6-20(21)28-29-30/h2-12,15,23H,13-14,16H2,1H3,(H,27,33)/t23-/m1/s1. The summed E-state index contributed by atoms with van der Waals surface area (Å²) in [5.41, 5.74) is 2.17. The van der Waals surface area contributed by atoms with E-state index in [4.69, 9.17) is 4.74 Å². The van der Waals surface area contributed by atoms with Crippen LogP contribution in [0.2, 0.25) is 0 Å². The number of carbonyl (C=O) groups excluding carboxylic acids is 2. The third-order valence-corrected chi connectivity index (χ3v) is 5.19. The lowest BCUT2D eigenvalue weighted by Gasteiger charge is -2.31. The molecule has 0 saturated carbocycles. The Labute approximate surface area is 195 Å². The number of methoxy groups -OCH3 is 1. The van der Waals surface area contributed by atoms with Crippen LogP contribution >= 0.6 is 0 Å². The Balaban J connectivity index is 1.75. The minimum atomic E-state index is -1.06. The number of nitrogens with zero attached hydrogens (tertiary/aromatic N) is 5. The number of hydrogen-bond acceptors (Lipinski definition) is 6. The van der Waals surface area contributed by atoms with Crippen molar-refractivity contribution in [3.05, 3.63) is 84.4 Å². The zero-order valence-electron chi connectivity index (χ0n) is 18.5. The lowest BCUT2D eigenvalue weighted by Crippen LogP contribution is -2.46. The summed E-state index contributed by atoms with van der Waals surface area (Å²) in [5.74, 6) is -1.31. The van der Waals surface area contributed by atoms with Crippen molar-refractivity contribution in [1.82, 2.24) is 25.3 Å². The second kappa shape index (κ2) is 10.6. The van der Waals surface area contributed by atoms with Crippen LogP contribution in [0.1, 0.15) is 11.6 Å². The van der Waals surface area contributed by atoms with Crippen molar-refractivity contribution < 1.29 is 18.7 Å². The second-order valence-corrected chi connectivity index (χ2v) is 7.45. The third kappa shape index (κ3) is 5.07. The maximum absolute atomic E-state index is 13.7. The van der Waals surface area contributed by atoms with E-state index in [1.165, 1.54) is 47.2 Å². The molecule has 2 aromatic heterocycles. The van der Waals surface area contributed by atoms with E-state index in [2.05, 4.69) is 20.6 Å². The monoisotopic (exact) mass is 462 g/mol. The molecular weight excluding hydrogens is 439 g/mol. The number of aromatic nitrogens is 4. The first-order valence-electron chi connectivity index (χ1n) is 10.6. The van der Waals surface area contributed by atoms with Gasteiger partial charge in [0.2, 0.25) is 11.8 Å². The molecule has 0 aliphatic carbocycles. The number of halogens is 1. The van der Waals surface area contributed by atoms with E-state index in [-0.39, 0.29) is 13.1 Å². The summed E-state index contributed by atoms with van der Waals surface area (Å²) in [5, 5.41) is 11.0. The van der Waals surface area contributed by atoms with Gasteiger partial charge < -0.3 is 10.1 Å². The highest BCUT2D eigenvalue weighted by atomic mass is 19.1. The van der Waals surface area contributed by atoms with Gasteiger partial charge in [0.25, 0.3) is 0 Å². The lowest BCUT2D eigenvalue weighted by atomic mass is 10.0. The molecule has 1 atom stereocenters. The molecule has 0 fully saturated rings. The predicted octanol–water partition coefficient (Wildman–Crippen LogP) is 2.50. The molecule has 0 bridgehead atoms. The highest BCUT2D eigenvalue weighted by molar-refractivity contribution is 6.01. The number of amides is 2. The zero-order chi connectivity index (χ0) is 23.9. The highest BCUT2D eigenvalue weighted by Crippen LogP contribution is 2.28. The molecule has 0 aliphatic rings. The van der Waals surface area contributed by atoms with Crippen LogP contribution in [-0.4, -0.2) is 52.1 Å². The normalized spacial score (nSPS) is 11.8. The molecule has 2 amide bonds. The first-order chi connectivity index (χ1) is 16.6. The van der Waals surface area contributed by atoms with E-state index in [0.29, 0.717) is 28.9 Å². The summed E-state index contributed by atoms with van der Waals surface area (Å²) in [6.45, 7) is 0.381. The van der Waals surface area contributed by atoms with Crippen LogP contribution in [-0.2, 0) is 20.9 Å². The van der Waals surface area contributed by atoms with Crippen molar-refractivity contribution in [2.75, 3.05) is 25.2 Å². The number of benzene rings is 2. The Morgan fingerprint density at radius 1 is 1.12 bits per heavy atom. The number of fused-ring (bicyclic) bond motifs is 1. The van der Waals surface area contributed by atoms with Crippen LogP contribution in [0.25, 0.3) is 11.0 Å². The van der Waals surface area contributed by atoms with Gasteiger partial charge in [0, 0.05) is 37.3 Å². The van der Waals surface area contributed by atoms with Crippen molar-refractivity contribution in [2.45, 2.75) is 12.6 Å². The first-order valence-corrected chi connectivity index (χ1v) is 10.6. The Morgan fingerprint density at radius 2 is 1.91 bits per heavy atom. The zero-order valence-corrected chi connectivity index (χ0v) is 18.5. The summed E-state index contributed by atoms with van der Waals surface area (Å²) < 4.78 is 20.2. The van der Waals surface area contributed by atoms with Crippen LogP contribution < -0.4 is 10.2 Å². The van der Waals surface area contributed by atoms with Gasteiger partial charge in [-0.2, -0.15) is 0 Å². The molecule has 4 rings (SSSR count). The molecule has 2 heterocycles. The SMILES string of the molecule is COCCNC(=O)[C@@H](c1cccnc1)N(C(=O)Cn1nnc2ccccc21)c1ccc(F)cc1. The second-order valence-electron chi connectivity index (χ2n) is 7.45. The van der Waals surface area contributed by atoms with E-state index in [1.807, 2.05) is 12.1 Å². The van der Waals surface area contributed by atoms with Crippen LogP contribution in [0.4, 0.5) is 10.1 Å². The topological polar surface area (TPSA) is 102 Å². The lowest BCUT2D eigenvalue weighted by molar-refractivity contribution is -0.127. The van der Waals surface area contributed by atoms with Crippen molar-refractivity contribution in [2.24, 2.45) is 0 Å². The Kier molecular flexibility index (Phi) is 7.19. The van der Waals surface area contributed by atoms with E-state index >= 15 is 0 Å². The molecule has 4 aromatic rings. The number of ether oxygens (including phenoxy) is 1. The average molecular weight is 462 g/mol. The molecule has 9 nitrogen and oxygen atoms in total. The van der Waals surface area contributed by atoms with Crippen molar-refractivity contribution in [3.8, 4) is 0 Å². The maximum Gasteiger partial charge on any atom is 0.249 e. The summed E-state index contributed by atoms with van der Waals surface area (Å²) in [6, 6.07) is 15.0. The van der Waals surface area contributed by atoms with E-state index in [1.54, 1.807) is 30.5 Å². The number of carbonyl (C=O) groups is 2. The van der Waals surface area contributed by atoms with E-state index in [9.17, 15) is 14.0 Å². The van der Waals surface area contributed by atoms with Crippen molar-refractivity contribution >= 4 is 28.5 Å². The van der Waals surface area contributed by atoms with Crippen LogP contribution in [0, 0.1) is 5.82 Å². The van der Waals surface area contributed by atoms with Gasteiger partial charge in [-0.25, -0.2) is 9.07 Å². The van der Waals surface area contributed by atoms with Gasteiger partial charge in [-0.1, -0.05) is 23.4 Å². The van der Waals surface area contributed by atoms with Crippen molar-refractivity contribution in [1.29, 1.82) is 0 Å². The molecule has 0 aliphatic heterocycles. The number of para-hydroxylation sites is 1. The number of hydrogen-bond donors (Lipinski definition) is 1. The van der Waals surface area contributed by atoms with Gasteiger partial charge in [-0.3, -0.25) is 19.5 Å². The van der Waals surface area contributed by atoms with Crippen LogP contribution in [0.15, 0.2) is 73.1 Å². The molecule has 174 valence electrons. The third-order valence-electron chi connectivity index (χ3n) is 5.19. The van der Waals surface area contributed by atoms with Crippen LogP contribution in [0.3, 0.4) is 0 Å². The molecular formula is C24H23FN6O3. The van der Waals surface area contributed by atoms with E-state index < -0.39 is 23.7 Å². The molecule has 10 heteroatoms. The molecule has 34 heavy (non-hydrogen) atoms. The molecule has 0 radical (unpaired) electrons. The number of pyridine rings is 1. The fourth-order valence-electron chi connectivity index (χ4n) is 3.61. The summed E-state index contributed by atoms with van der Waals surface area (Å²) in [6.07, 6.45) is 3.10. The minimum Gasteiger partial charge on any atom is -0.383 e. The summed E-state index contributed by atoms with van der Waals surface area (Å²) in [4.78, 5) is 32.5. The van der Waals surface area contributed by atoms with Gasteiger partial charge >= 0.3 is 0 Å². The molecule has 0 saturated heterocycles. The fourth-order valence-corrected chi connectivity index (χ4v) is 3.61. The molecule has 0 spiro atoms. The van der Waals surface area contributed by atoms with Gasteiger partial charge in [-0.15, -0.1) is 5.10 Å². The van der Waals surface area contributed by atoms with Gasteiger partial charge in [-0.05, 0) is 42.5 Å². The van der Waals surface area contributed by atoms with Crippen molar-refractivity contribution in [3.63, 3.8) is 0 Å². The predicted molar refractivity (Wildman–Crippen MR) is 123 cm³/mol. The fraction of sp³-hybridized carbons (Fsp3) is 0.208. The molecule has 1 N–H and O–H groups in total. The number of anilines is 1. The molecule has 2 aromatic carbocycles. The number of nitrogens with one attached hydrogen (secondary N) is 1.